The third kappa shape index (κ3) is 2.91. The van der Waals surface area contributed by atoms with Crippen LogP contribution in [0.2, 0.25) is 0 Å². The third-order valence-corrected chi connectivity index (χ3v) is 3.32. The van der Waals surface area contributed by atoms with Gasteiger partial charge in [-0.25, -0.2) is 4.98 Å². The lowest BCUT2D eigenvalue weighted by molar-refractivity contribution is -0.137. The summed E-state index contributed by atoms with van der Waals surface area (Å²) in [6, 6.07) is 0. The lowest BCUT2D eigenvalue weighted by Crippen LogP contribution is -2.29. The van der Waals surface area contributed by atoms with Crippen LogP contribution < -0.4 is 0 Å². The quantitative estimate of drug-likeness (QED) is 0.808. The summed E-state index contributed by atoms with van der Waals surface area (Å²) in [5.41, 5.74) is 0. The Bertz CT molecular complexity index is 344. The van der Waals surface area contributed by atoms with E-state index >= 15 is 0 Å². The molecule has 1 aromatic heterocycles. The first-order chi connectivity index (χ1) is 7.55. The van der Waals surface area contributed by atoms with Crippen molar-refractivity contribution < 1.29 is 13.2 Å². The number of halogens is 3. The molecule has 16 heavy (non-hydrogen) atoms. The summed E-state index contributed by atoms with van der Waals surface area (Å²) in [6.07, 6.45) is -0.945. The predicted octanol–water partition coefficient (Wildman–Crippen LogP) is 2.54. The van der Waals surface area contributed by atoms with Gasteiger partial charge >= 0.3 is 6.18 Å². The molecule has 1 aromatic rings. The van der Waals surface area contributed by atoms with E-state index in [2.05, 4.69) is 14.3 Å². The second kappa shape index (κ2) is 4.67. The van der Waals surface area contributed by atoms with Gasteiger partial charge in [0.15, 0.2) is 5.82 Å². The second-order valence-electron chi connectivity index (χ2n) is 3.85. The molecule has 7 heteroatoms. The van der Waals surface area contributed by atoms with Crippen LogP contribution in [0.4, 0.5) is 13.2 Å². The van der Waals surface area contributed by atoms with Gasteiger partial charge in [-0.3, -0.25) is 4.90 Å². The van der Waals surface area contributed by atoms with Gasteiger partial charge in [0.1, 0.15) is 0 Å². The monoisotopic (exact) mass is 251 g/mol. The molecule has 1 aliphatic heterocycles. The van der Waals surface area contributed by atoms with E-state index in [1.54, 1.807) is 0 Å². The number of nitrogens with zero attached hydrogens (tertiary/aromatic N) is 3. The first-order valence-corrected chi connectivity index (χ1v) is 5.95. The van der Waals surface area contributed by atoms with Gasteiger partial charge in [-0.2, -0.15) is 17.5 Å². The van der Waals surface area contributed by atoms with Crippen molar-refractivity contribution in [1.82, 2.24) is 14.3 Å². The standard InChI is InChI=1S/C9H12F3N3S/c10-9(11,12)8-13-7(14-16-8)6-15-4-2-1-3-5-15/h1-6H2. The lowest BCUT2D eigenvalue weighted by Gasteiger charge is -2.24. The summed E-state index contributed by atoms with van der Waals surface area (Å²) < 4.78 is 40.6. The molecule has 1 fully saturated rings. The van der Waals surface area contributed by atoms with Crippen LogP contribution in [0, 0.1) is 0 Å². The number of rotatable bonds is 2. The molecule has 0 N–H and O–H groups in total. The minimum Gasteiger partial charge on any atom is -0.296 e. The first kappa shape index (κ1) is 11.8. The zero-order chi connectivity index (χ0) is 11.6. The maximum absolute atomic E-state index is 12.3. The van der Waals surface area contributed by atoms with Gasteiger partial charge in [-0.05, 0) is 37.5 Å². The molecular weight excluding hydrogens is 239 g/mol. The minimum atomic E-state index is -4.36. The molecule has 3 nitrogen and oxygen atoms in total. The average Bonchev–Trinajstić information content (AvgIpc) is 2.67. The fraction of sp³-hybridized carbons (Fsp3) is 0.778. The van der Waals surface area contributed by atoms with Crippen LogP contribution in [0.15, 0.2) is 0 Å². The summed E-state index contributed by atoms with van der Waals surface area (Å²) in [4.78, 5) is 5.62. The summed E-state index contributed by atoms with van der Waals surface area (Å²) in [6.45, 7) is 2.30. The topological polar surface area (TPSA) is 29.0 Å². The van der Waals surface area contributed by atoms with Gasteiger partial charge in [0, 0.05) is 0 Å². The minimum absolute atomic E-state index is 0.291. The third-order valence-electron chi connectivity index (χ3n) is 2.52. The number of piperidine rings is 1. The SMILES string of the molecule is FC(F)(F)c1nc(CN2CCCCC2)ns1. The fourth-order valence-electron chi connectivity index (χ4n) is 1.75. The van der Waals surface area contributed by atoms with Gasteiger partial charge in [-0.15, -0.1) is 0 Å². The Morgan fingerprint density at radius 1 is 1.19 bits per heavy atom. The van der Waals surface area contributed by atoms with Crippen LogP contribution in [0.3, 0.4) is 0 Å². The van der Waals surface area contributed by atoms with Crippen LogP contribution >= 0.6 is 11.5 Å². The van der Waals surface area contributed by atoms with Crippen molar-refractivity contribution in [2.75, 3.05) is 13.1 Å². The van der Waals surface area contributed by atoms with Crippen LogP contribution in [-0.4, -0.2) is 27.3 Å². The van der Waals surface area contributed by atoms with E-state index < -0.39 is 11.2 Å². The maximum atomic E-state index is 12.3. The highest BCUT2D eigenvalue weighted by Gasteiger charge is 2.35. The highest BCUT2D eigenvalue weighted by Crippen LogP contribution is 2.30. The number of likely N-dealkylation sites (tertiary alicyclic amines) is 1. The van der Waals surface area contributed by atoms with E-state index in [1.807, 2.05) is 0 Å². The summed E-state index contributed by atoms with van der Waals surface area (Å²) in [7, 11) is 0. The number of hydrogen-bond acceptors (Lipinski definition) is 4. The molecular formula is C9H12F3N3S. The van der Waals surface area contributed by atoms with E-state index in [-0.39, 0.29) is 0 Å². The Balaban J connectivity index is 1.97. The van der Waals surface area contributed by atoms with Gasteiger partial charge < -0.3 is 0 Å². The van der Waals surface area contributed by atoms with Crippen molar-refractivity contribution in [1.29, 1.82) is 0 Å². The molecule has 0 atom stereocenters. The molecule has 90 valence electrons. The smallest absolute Gasteiger partial charge is 0.296 e. The fourth-order valence-corrected chi connectivity index (χ4v) is 2.29. The predicted molar refractivity (Wildman–Crippen MR) is 54.0 cm³/mol. The van der Waals surface area contributed by atoms with Crippen molar-refractivity contribution in [3.63, 3.8) is 0 Å². The molecule has 0 amide bonds. The number of alkyl halides is 3. The zero-order valence-corrected chi connectivity index (χ0v) is 9.44. The normalized spacial score (nSPS) is 18.9. The Morgan fingerprint density at radius 3 is 2.44 bits per heavy atom. The number of hydrogen-bond donors (Lipinski definition) is 0. The Labute approximate surface area is 95.5 Å². The van der Waals surface area contributed by atoms with Gasteiger partial charge in [-0.1, -0.05) is 6.42 Å². The lowest BCUT2D eigenvalue weighted by atomic mass is 10.1. The van der Waals surface area contributed by atoms with Gasteiger partial charge in [0.05, 0.1) is 6.54 Å². The van der Waals surface area contributed by atoms with Crippen LogP contribution in [-0.2, 0) is 12.7 Å². The highest BCUT2D eigenvalue weighted by molar-refractivity contribution is 7.05. The number of aromatic nitrogens is 2. The molecule has 0 bridgehead atoms. The molecule has 0 saturated carbocycles. The highest BCUT2D eigenvalue weighted by atomic mass is 32.1. The molecule has 2 heterocycles. The van der Waals surface area contributed by atoms with Gasteiger partial charge in [0.2, 0.25) is 5.01 Å². The molecule has 1 aliphatic rings. The maximum Gasteiger partial charge on any atom is 0.444 e. The molecule has 0 radical (unpaired) electrons. The van der Waals surface area contributed by atoms with Crippen molar-refractivity contribution >= 4 is 11.5 Å². The molecule has 0 unspecified atom stereocenters. The van der Waals surface area contributed by atoms with E-state index in [1.165, 1.54) is 6.42 Å². The summed E-state index contributed by atoms with van der Waals surface area (Å²) in [5.74, 6) is 0.291. The van der Waals surface area contributed by atoms with Crippen LogP contribution in [0.5, 0.6) is 0 Å². The van der Waals surface area contributed by atoms with Crippen molar-refractivity contribution in [2.24, 2.45) is 0 Å². The van der Waals surface area contributed by atoms with E-state index in [0.717, 1.165) is 25.9 Å². The van der Waals surface area contributed by atoms with Gasteiger partial charge in [0.25, 0.3) is 0 Å². The molecule has 0 aliphatic carbocycles. The zero-order valence-electron chi connectivity index (χ0n) is 8.63. The molecule has 0 aromatic carbocycles. The van der Waals surface area contributed by atoms with Crippen LogP contribution in [0.1, 0.15) is 30.1 Å². The van der Waals surface area contributed by atoms with Crippen molar-refractivity contribution in [2.45, 2.75) is 32.0 Å². The van der Waals surface area contributed by atoms with E-state index in [0.29, 0.717) is 23.9 Å². The summed E-state index contributed by atoms with van der Waals surface area (Å²) in [5, 5.41) is -0.848. The molecule has 1 saturated heterocycles. The average molecular weight is 251 g/mol. The van der Waals surface area contributed by atoms with Crippen molar-refractivity contribution in [3.8, 4) is 0 Å². The van der Waals surface area contributed by atoms with Crippen molar-refractivity contribution in [3.05, 3.63) is 10.8 Å². The summed E-state index contributed by atoms with van der Waals surface area (Å²) >= 11 is 0.432. The Morgan fingerprint density at radius 2 is 1.88 bits per heavy atom. The molecule has 0 spiro atoms. The molecule has 2 rings (SSSR count). The van der Waals surface area contributed by atoms with E-state index in [4.69, 9.17) is 0 Å². The van der Waals surface area contributed by atoms with Crippen LogP contribution in [0.25, 0.3) is 0 Å². The van der Waals surface area contributed by atoms with E-state index in [9.17, 15) is 13.2 Å². The Kier molecular flexibility index (Phi) is 3.44. The Hall–Kier alpha value is -0.690. The first-order valence-electron chi connectivity index (χ1n) is 5.18. The largest absolute Gasteiger partial charge is 0.444 e. The second-order valence-corrected chi connectivity index (χ2v) is 4.60.